The Bertz CT molecular complexity index is 1370. The van der Waals surface area contributed by atoms with E-state index in [2.05, 4.69) is 35.8 Å². The smallest absolute Gasteiger partial charge is 0.462 e. The van der Waals surface area contributed by atoms with Crippen molar-refractivity contribution in [1.82, 2.24) is 0 Å². The molecule has 0 aromatic heterocycles. The first kappa shape index (κ1) is 57.8. The van der Waals surface area contributed by atoms with Crippen LogP contribution in [0.15, 0.2) is 97.2 Å². The number of phosphoric acid groups is 1. The fourth-order valence-electron chi connectivity index (χ4n) is 5.40. The summed E-state index contributed by atoms with van der Waals surface area (Å²) in [6, 6.07) is 0. The summed E-state index contributed by atoms with van der Waals surface area (Å²) in [7, 11) is -4.68. The van der Waals surface area contributed by atoms with Gasteiger partial charge in [0, 0.05) is 12.8 Å². The number of hydrogen-bond acceptors (Lipinski definition) is 11. The second kappa shape index (κ2) is 42.1. The number of phosphoric ester groups is 1. The van der Waals surface area contributed by atoms with E-state index >= 15 is 0 Å². The van der Waals surface area contributed by atoms with Gasteiger partial charge in [-0.3, -0.25) is 18.6 Å². The molecule has 0 aliphatic heterocycles. The quantitative estimate of drug-likeness (QED) is 0.0129. The van der Waals surface area contributed by atoms with E-state index < -0.39 is 64.0 Å². The highest BCUT2D eigenvalue weighted by Crippen LogP contribution is 2.43. The zero-order chi connectivity index (χ0) is 45.1. The molecule has 0 amide bonds. The highest BCUT2D eigenvalue weighted by Gasteiger charge is 2.27. The number of esters is 2. The predicted octanol–water partition coefficient (Wildman–Crippen LogP) is 9.94. The average Bonchev–Trinajstić information content (AvgIpc) is 3.24. The zero-order valence-corrected chi connectivity index (χ0v) is 38.0. The number of carbonyl (C=O) groups is 2. The van der Waals surface area contributed by atoms with Crippen molar-refractivity contribution in [1.29, 1.82) is 0 Å². The van der Waals surface area contributed by atoms with Crippen molar-refractivity contribution < 1.29 is 58.0 Å². The van der Waals surface area contributed by atoms with Gasteiger partial charge >= 0.3 is 19.8 Å². The lowest BCUT2D eigenvalue weighted by molar-refractivity contribution is -0.161. The molecule has 0 heterocycles. The number of aliphatic hydroxyl groups is 4. The van der Waals surface area contributed by atoms with Crippen LogP contribution in [0.25, 0.3) is 0 Å². The number of carbonyl (C=O) groups excluding carboxylic acids is 2. The molecule has 5 N–H and O–H groups in total. The average molecular weight is 879 g/mol. The summed E-state index contributed by atoms with van der Waals surface area (Å²) in [5.74, 6) is -1.11. The molecule has 0 aromatic carbocycles. The van der Waals surface area contributed by atoms with E-state index in [0.29, 0.717) is 32.1 Å². The third-order valence-electron chi connectivity index (χ3n) is 8.90. The van der Waals surface area contributed by atoms with Crippen LogP contribution in [0.5, 0.6) is 0 Å². The fraction of sp³-hybridized carbons (Fsp3) is 0.625. The molecule has 0 aromatic rings. The van der Waals surface area contributed by atoms with Gasteiger partial charge in [-0.2, -0.15) is 0 Å². The molecule has 0 saturated heterocycles. The van der Waals surface area contributed by atoms with Gasteiger partial charge in [0.15, 0.2) is 6.10 Å². The third kappa shape index (κ3) is 41.9. The number of aliphatic hydroxyl groups excluding tert-OH is 4. The van der Waals surface area contributed by atoms with E-state index in [1.165, 1.54) is 38.5 Å². The summed E-state index contributed by atoms with van der Waals surface area (Å²) >= 11 is 0. The molecule has 0 rings (SSSR count). The minimum Gasteiger partial charge on any atom is -0.462 e. The van der Waals surface area contributed by atoms with E-state index in [9.17, 15) is 34.4 Å². The lowest BCUT2D eigenvalue weighted by Gasteiger charge is -2.20. The summed E-state index contributed by atoms with van der Waals surface area (Å²) in [5.41, 5.74) is 0. The molecular formula is C48H79O12P. The Labute approximate surface area is 367 Å². The zero-order valence-electron chi connectivity index (χ0n) is 37.1. The van der Waals surface area contributed by atoms with Gasteiger partial charge in [0.25, 0.3) is 0 Å². The molecular weight excluding hydrogens is 799 g/mol. The number of ether oxygens (including phenoxy) is 2. The van der Waals surface area contributed by atoms with Crippen molar-refractivity contribution >= 4 is 19.8 Å². The lowest BCUT2D eigenvalue weighted by atomic mass is 10.1. The van der Waals surface area contributed by atoms with E-state index in [4.69, 9.17) is 19.1 Å². The maximum Gasteiger partial charge on any atom is 0.472 e. The molecule has 13 heteroatoms. The minimum absolute atomic E-state index is 0.00469. The van der Waals surface area contributed by atoms with Gasteiger partial charge in [0.05, 0.1) is 32.0 Å². The van der Waals surface area contributed by atoms with Crippen molar-refractivity contribution in [3.8, 4) is 0 Å². The van der Waals surface area contributed by atoms with Crippen LogP contribution in [-0.4, -0.2) is 88.1 Å². The molecule has 61 heavy (non-hydrogen) atoms. The number of unbranched alkanes of at least 4 members (excludes halogenated alkanes) is 10. The summed E-state index contributed by atoms with van der Waals surface area (Å²) < 4.78 is 32.6. The first-order valence-corrected chi connectivity index (χ1v) is 23.9. The number of hydrogen-bond donors (Lipinski definition) is 5. The monoisotopic (exact) mass is 879 g/mol. The summed E-state index contributed by atoms with van der Waals surface area (Å²) in [6.45, 7) is 1.93. The van der Waals surface area contributed by atoms with Crippen LogP contribution >= 0.6 is 7.82 Å². The normalized spacial score (nSPS) is 15.7. The maximum absolute atomic E-state index is 12.6. The molecule has 348 valence electrons. The Kier molecular flexibility index (Phi) is 39.9. The van der Waals surface area contributed by atoms with Gasteiger partial charge in [0.2, 0.25) is 0 Å². The maximum atomic E-state index is 12.6. The highest BCUT2D eigenvalue weighted by atomic mass is 31.2. The first-order chi connectivity index (χ1) is 29.5. The van der Waals surface area contributed by atoms with Crippen LogP contribution < -0.4 is 0 Å². The van der Waals surface area contributed by atoms with E-state index in [1.807, 2.05) is 37.3 Å². The summed E-state index contributed by atoms with van der Waals surface area (Å²) in [5, 5.41) is 38.3. The Morgan fingerprint density at radius 2 is 1.10 bits per heavy atom. The van der Waals surface area contributed by atoms with Crippen molar-refractivity contribution in [3.63, 3.8) is 0 Å². The Hall–Kier alpha value is -3.19. The second-order valence-electron chi connectivity index (χ2n) is 14.7. The van der Waals surface area contributed by atoms with Crippen LogP contribution in [0.1, 0.15) is 142 Å². The summed E-state index contributed by atoms with van der Waals surface area (Å²) in [6.07, 6.45) is 44.4. The molecule has 0 saturated carbocycles. The third-order valence-corrected chi connectivity index (χ3v) is 9.85. The lowest BCUT2D eigenvalue weighted by Crippen LogP contribution is -2.29. The van der Waals surface area contributed by atoms with Crippen LogP contribution in [0, 0.1) is 0 Å². The van der Waals surface area contributed by atoms with Gasteiger partial charge in [-0.25, -0.2) is 4.57 Å². The van der Waals surface area contributed by atoms with Crippen molar-refractivity contribution in [2.75, 3.05) is 26.4 Å². The minimum atomic E-state index is -4.68. The molecule has 0 radical (unpaired) electrons. The Balaban J connectivity index is 4.55. The highest BCUT2D eigenvalue weighted by molar-refractivity contribution is 7.47. The van der Waals surface area contributed by atoms with Gasteiger partial charge in [0.1, 0.15) is 12.7 Å². The number of allylic oxidation sites excluding steroid dienone is 12. The standard InChI is InChI=1S/C48H79O12P/c1-3-5-7-8-9-10-11-12-13-14-15-16-17-18-19-23-31-37-47(53)57-41-46(42-59-61(55,56)58-40-45(52)39-49)60-48(54)38-32-24-21-20-22-28-34-44(51)36-30-26-25-29-35-43(50)33-27-6-4-2/h6,9-10,12-13,21-22,24-30,35-36,43-46,49-52H,3-5,7-8,11,14-20,23,31-34,37-42H2,1-2H3,(H,55,56)/b10-9-,13-12-,24-21-,26-25-,27-6-,28-22-,35-29+,36-30+/t43-,44+,45-,46+/m0/s1. The molecule has 0 bridgehead atoms. The molecule has 1 unspecified atom stereocenters. The van der Waals surface area contributed by atoms with Gasteiger partial charge in [-0.05, 0) is 70.6 Å². The molecule has 12 nitrogen and oxygen atoms in total. The van der Waals surface area contributed by atoms with Gasteiger partial charge < -0.3 is 34.8 Å². The first-order valence-electron chi connectivity index (χ1n) is 22.4. The fourth-order valence-corrected chi connectivity index (χ4v) is 6.19. The molecule has 0 spiro atoms. The summed E-state index contributed by atoms with van der Waals surface area (Å²) in [4.78, 5) is 35.0. The van der Waals surface area contributed by atoms with Crippen LogP contribution in [0.4, 0.5) is 0 Å². The van der Waals surface area contributed by atoms with Crippen molar-refractivity contribution in [2.45, 2.75) is 167 Å². The predicted molar refractivity (Wildman–Crippen MR) is 244 cm³/mol. The molecule has 5 atom stereocenters. The van der Waals surface area contributed by atoms with Gasteiger partial charge in [-0.15, -0.1) is 0 Å². The second-order valence-corrected chi connectivity index (χ2v) is 16.2. The largest absolute Gasteiger partial charge is 0.472 e. The van der Waals surface area contributed by atoms with Gasteiger partial charge in [-0.1, -0.05) is 156 Å². The Morgan fingerprint density at radius 1 is 0.574 bits per heavy atom. The van der Waals surface area contributed by atoms with Crippen molar-refractivity contribution in [3.05, 3.63) is 97.2 Å². The van der Waals surface area contributed by atoms with Crippen LogP contribution in [-0.2, 0) is 32.7 Å². The molecule has 0 aliphatic carbocycles. The van der Waals surface area contributed by atoms with E-state index in [0.717, 1.165) is 44.9 Å². The van der Waals surface area contributed by atoms with E-state index in [1.54, 1.807) is 42.5 Å². The van der Waals surface area contributed by atoms with Crippen LogP contribution in [0.3, 0.4) is 0 Å². The van der Waals surface area contributed by atoms with E-state index in [-0.39, 0.29) is 19.4 Å². The Morgan fingerprint density at radius 3 is 1.69 bits per heavy atom. The number of rotatable bonds is 40. The molecule has 0 aliphatic rings. The topological polar surface area (TPSA) is 189 Å². The molecule has 0 fully saturated rings. The van der Waals surface area contributed by atoms with Crippen molar-refractivity contribution in [2.24, 2.45) is 0 Å². The van der Waals surface area contributed by atoms with Crippen LogP contribution in [0.2, 0.25) is 0 Å². The SMILES string of the molecule is CC/C=C\C[C@H](O)/C=C/C=C\C=C\[C@H](O)C/C=C\C/C=C\CCC(=O)O[C@H](COC(=O)CCCCCCCCC/C=C\C/C=C\CCCCC)COP(=O)(O)OC[C@@H](O)CO.